The van der Waals surface area contributed by atoms with Gasteiger partial charge in [-0.25, -0.2) is 14.5 Å². The molecule has 0 bridgehead atoms. The monoisotopic (exact) mass is 277 g/mol. The highest BCUT2D eigenvalue weighted by Crippen LogP contribution is 2.15. The first kappa shape index (κ1) is 13.8. The highest BCUT2D eigenvalue weighted by molar-refractivity contribution is 5.92. The van der Waals surface area contributed by atoms with Gasteiger partial charge in [-0.05, 0) is 13.8 Å². The van der Waals surface area contributed by atoms with E-state index in [1.807, 2.05) is 0 Å². The number of esters is 1. The van der Waals surface area contributed by atoms with E-state index in [1.165, 1.54) is 18.0 Å². The van der Waals surface area contributed by atoms with Crippen molar-refractivity contribution in [2.75, 3.05) is 19.5 Å². The Hall–Kier alpha value is -2.64. The van der Waals surface area contributed by atoms with Crippen molar-refractivity contribution in [1.29, 1.82) is 0 Å². The van der Waals surface area contributed by atoms with Gasteiger partial charge >= 0.3 is 5.97 Å². The summed E-state index contributed by atoms with van der Waals surface area (Å²) in [5.74, 6) is 0.0896. The molecule has 0 saturated heterocycles. The fourth-order valence-electron chi connectivity index (χ4n) is 1.58. The quantitative estimate of drug-likeness (QED) is 0.821. The summed E-state index contributed by atoms with van der Waals surface area (Å²) in [6, 6.07) is 1.68. The minimum atomic E-state index is -0.580. The number of hydrogen-bond acceptors (Lipinski definition) is 7. The number of nitrogen functional groups attached to an aromatic ring is 1. The van der Waals surface area contributed by atoms with Crippen molar-refractivity contribution in [2.24, 2.45) is 0 Å². The van der Waals surface area contributed by atoms with Gasteiger partial charge in [-0.3, -0.25) is 0 Å². The second-order valence-electron chi connectivity index (χ2n) is 3.95. The molecule has 0 spiro atoms. The van der Waals surface area contributed by atoms with Crippen molar-refractivity contribution < 1.29 is 14.3 Å². The fraction of sp³-hybridized carbons (Fsp3) is 0.333. The number of aromatic nitrogens is 4. The molecule has 0 unspecified atom stereocenters. The van der Waals surface area contributed by atoms with E-state index in [-0.39, 0.29) is 23.9 Å². The van der Waals surface area contributed by atoms with Gasteiger partial charge < -0.3 is 15.2 Å². The third kappa shape index (κ3) is 2.68. The van der Waals surface area contributed by atoms with Gasteiger partial charge in [0.25, 0.3) is 5.95 Å². The highest BCUT2D eigenvalue weighted by Gasteiger charge is 2.18. The Morgan fingerprint density at radius 3 is 2.85 bits per heavy atom. The molecule has 0 radical (unpaired) electrons. The van der Waals surface area contributed by atoms with Gasteiger partial charge in [-0.2, -0.15) is 10.1 Å². The van der Waals surface area contributed by atoms with Crippen LogP contribution in [0.3, 0.4) is 0 Å². The van der Waals surface area contributed by atoms with Gasteiger partial charge in [-0.1, -0.05) is 0 Å². The van der Waals surface area contributed by atoms with E-state index in [0.717, 1.165) is 0 Å². The minimum Gasteiger partial charge on any atom is -0.481 e. The molecule has 8 nitrogen and oxygen atoms in total. The molecule has 106 valence electrons. The Balaban J connectivity index is 2.41. The van der Waals surface area contributed by atoms with Crippen LogP contribution in [0, 0.1) is 6.92 Å². The normalized spacial score (nSPS) is 10.3. The topological polar surface area (TPSA) is 105 Å². The summed E-state index contributed by atoms with van der Waals surface area (Å²) in [6.45, 7) is 3.76. The SMILES string of the molecule is CCOC(=O)c1nn(-c2nc(C)cc(OC)n2)cc1N. The molecule has 0 aliphatic rings. The van der Waals surface area contributed by atoms with Crippen LogP contribution in [0.15, 0.2) is 12.3 Å². The highest BCUT2D eigenvalue weighted by atomic mass is 16.5. The molecule has 0 saturated carbocycles. The third-order valence-electron chi connectivity index (χ3n) is 2.44. The van der Waals surface area contributed by atoms with E-state index in [4.69, 9.17) is 15.2 Å². The maximum Gasteiger partial charge on any atom is 0.361 e. The number of carbonyl (C=O) groups is 1. The van der Waals surface area contributed by atoms with Crippen molar-refractivity contribution >= 4 is 11.7 Å². The third-order valence-corrected chi connectivity index (χ3v) is 2.44. The molecule has 0 fully saturated rings. The molecule has 2 rings (SSSR count). The average molecular weight is 277 g/mol. The van der Waals surface area contributed by atoms with Crippen molar-refractivity contribution in [3.05, 3.63) is 23.7 Å². The zero-order chi connectivity index (χ0) is 14.7. The lowest BCUT2D eigenvalue weighted by Gasteiger charge is -2.04. The van der Waals surface area contributed by atoms with Gasteiger partial charge in [0.05, 0.1) is 25.6 Å². The van der Waals surface area contributed by atoms with Crippen LogP contribution in [0.1, 0.15) is 23.1 Å². The van der Waals surface area contributed by atoms with Gasteiger partial charge in [0, 0.05) is 11.8 Å². The van der Waals surface area contributed by atoms with E-state index < -0.39 is 5.97 Å². The summed E-state index contributed by atoms with van der Waals surface area (Å²) in [4.78, 5) is 20.0. The van der Waals surface area contributed by atoms with E-state index in [9.17, 15) is 4.79 Å². The van der Waals surface area contributed by atoms with Crippen LogP contribution >= 0.6 is 0 Å². The summed E-state index contributed by atoms with van der Waals surface area (Å²) in [5.41, 5.74) is 6.69. The predicted octanol–water partition coefficient (Wildman–Crippen LogP) is 0.738. The first-order valence-corrected chi connectivity index (χ1v) is 5.97. The average Bonchev–Trinajstić information content (AvgIpc) is 2.80. The zero-order valence-corrected chi connectivity index (χ0v) is 11.5. The molecule has 2 N–H and O–H groups in total. The summed E-state index contributed by atoms with van der Waals surface area (Å²) in [6.07, 6.45) is 1.46. The minimum absolute atomic E-state index is 0.0379. The predicted molar refractivity (Wildman–Crippen MR) is 70.8 cm³/mol. The lowest BCUT2D eigenvalue weighted by molar-refractivity contribution is 0.0520. The summed E-state index contributed by atoms with van der Waals surface area (Å²) >= 11 is 0. The van der Waals surface area contributed by atoms with E-state index >= 15 is 0 Å². The first-order chi connectivity index (χ1) is 9.55. The number of hydrogen-bond donors (Lipinski definition) is 1. The van der Waals surface area contributed by atoms with Crippen molar-refractivity contribution in [2.45, 2.75) is 13.8 Å². The number of rotatable bonds is 4. The number of nitrogens with two attached hydrogens (primary N) is 1. The Kier molecular flexibility index (Phi) is 3.83. The maximum absolute atomic E-state index is 11.7. The van der Waals surface area contributed by atoms with E-state index in [2.05, 4.69) is 15.1 Å². The summed E-state index contributed by atoms with van der Waals surface area (Å²) in [5, 5.41) is 4.05. The molecular weight excluding hydrogens is 262 g/mol. The van der Waals surface area contributed by atoms with Crippen molar-refractivity contribution in [3.8, 4) is 11.8 Å². The Bertz CT molecular complexity index is 638. The molecule has 8 heteroatoms. The number of anilines is 1. The fourth-order valence-corrected chi connectivity index (χ4v) is 1.58. The molecular formula is C12H15N5O3. The first-order valence-electron chi connectivity index (χ1n) is 5.97. The maximum atomic E-state index is 11.7. The summed E-state index contributed by atoms with van der Waals surface area (Å²) in [7, 11) is 1.51. The largest absolute Gasteiger partial charge is 0.481 e. The molecule has 0 amide bonds. The molecule has 2 heterocycles. The Morgan fingerprint density at radius 1 is 1.45 bits per heavy atom. The second-order valence-corrected chi connectivity index (χ2v) is 3.95. The Morgan fingerprint density at radius 2 is 2.20 bits per heavy atom. The Labute approximate surface area is 115 Å². The molecule has 0 aliphatic carbocycles. The van der Waals surface area contributed by atoms with Crippen LogP contribution in [-0.4, -0.2) is 39.4 Å². The molecule has 2 aromatic heterocycles. The summed E-state index contributed by atoms with van der Waals surface area (Å²) < 4.78 is 11.2. The van der Waals surface area contributed by atoms with Crippen molar-refractivity contribution in [3.63, 3.8) is 0 Å². The number of ether oxygens (including phenoxy) is 2. The van der Waals surface area contributed by atoms with Crippen LogP contribution in [0.5, 0.6) is 5.88 Å². The van der Waals surface area contributed by atoms with Gasteiger partial charge in [0.1, 0.15) is 0 Å². The molecule has 2 aromatic rings. The second kappa shape index (κ2) is 5.55. The van der Waals surface area contributed by atoms with Crippen LogP contribution < -0.4 is 10.5 Å². The lowest BCUT2D eigenvalue weighted by Crippen LogP contribution is -2.09. The smallest absolute Gasteiger partial charge is 0.361 e. The van der Waals surface area contributed by atoms with Crippen LogP contribution in [-0.2, 0) is 4.74 Å². The molecule has 20 heavy (non-hydrogen) atoms. The van der Waals surface area contributed by atoms with E-state index in [0.29, 0.717) is 11.6 Å². The van der Waals surface area contributed by atoms with Gasteiger partial charge in [-0.15, -0.1) is 0 Å². The number of nitrogens with zero attached hydrogens (tertiary/aromatic N) is 4. The number of carbonyl (C=O) groups excluding carboxylic acids is 1. The molecule has 0 aliphatic heterocycles. The molecule has 0 aromatic carbocycles. The van der Waals surface area contributed by atoms with Crippen molar-refractivity contribution in [1.82, 2.24) is 19.7 Å². The van der Waals surface area contributed by atoms with Gasteiger partial charge in [0.2, 0.25) is 5.88 Å². The zero-order valence-electron chi connectivity index (χ0n) is 11.5. The van der Waals surface area contributed by atoms with Gasteiger partial charge in [0.15, 0.2) is 5.69 Å². The molecule has 0 atom stereocenters. The number of aryl methyl sites for hydroxylation is 1. The van der Waals surface area contributed by atoms with Crippen LogP contribution in [0.4, 0.5) is 5.69 Å². The lowest BCUT2D eigenvalue weighted by atomic mass is 10.4. The van der Waals surface area contributed by atoms with Crippen LogP contribution in [0.2, 0.25) is 0 Å². The standard InChI is InChI=1S/C12H15N5O3/c1-4-20-11(18)10-8(13)6-17(16-10)12-14-7(2)5-9(15-12)19-3/h5-6H,4,13H2,1-3H3. The number of methoxy groups -OCH3 is 1. The van der Waals surface area contributed by atoms with Crippen LogP contribution in [0.25, 0.3) is 5.95 Å². The van der Waals surface area contributed by atoms with E-state index in [1.54, 1.807) is 19.9 Å².